The molecule has 0 aliphatic rings. The molecule has 0 atom stereocenters. The summed E-state index contributed by atoms with van der Waals surface area (Å²) in [4.78, 5) is 19.5. The zero-order chi connectivity index (χ0) is 17.6. The predicted octanol–water partition coefficient (Wildman–Crippen LogP) is 2.96. The Kier molecular flexibility index (Phi) is 5.40. The summed E-state index contributed by atoms with van der Waals surface area (Å²) in [6.07, 6.45) is 0.601. The number of aromatic amines is 1. The maximum atomic E-state index is 11.8. The summed E-state index contributed by atoms with van der Waals surface area (Å²) in [5.74, 6) is 2.00. The fraction of sp³-hybridized carbons (Fsp3) is 0.222. The van der Waals surface area contributed by atoms with Gasteiger partial charge in [0.1, 0.15) is 17.3 Å². The first-order chi connectivity index (χ1) is 12.1. The highest BCUT2D eigenvalue weighted by atomic mass is 35.5. The maximum Gasteiger partial charge on any atom is 0.257 e. The predicted molar refractivity (Wildman–Crippen MR) is 96.3 cm³/mol. The summed E-state index contributed by atoms with van der Waals surface area (Å²) in [5.41, 5.74) is 1.78. The molecule has 6 nitrogen and oxygen atoms in total. The molecule has 1 amide bonds. The van der Waals surface area contributed by atoms with Gasteiger partial charge in [-0.2, -0.15) is 0 Å². The lowest BCUT2D eigenvalue weighted by atomic mass is 10.3. The molecule has 1 heterocycles. The molecule has 130 valence electrons. The Hall–Kier alpha value is -2.73. The van der Waals surface area contributed by atoms with Crippen LogP contribution in [-0.4, -0.2) is 36.1 Å². The molecule has 0 bridgehead atoms. The second kappa shape index (κ2) is 7.90. The van der Waals surface area contributed by atoms with Crippen LogP contribution in [0.25, 0.3) is 11.0 Å². The molecule has 2 N–H and O–H groups in total. The van der Waals surface area contributed by atoms with Gasteiger partial charge in [-0.15, -0.1) is 0 Å². The molecule has 3 rings (SSSR count). The van der Waals surface area contributed by atoms with Crippen molar-refractivity contribution in [3.05, 3.63) is 53.3 Å². The molecule has 0 spiro atoms. The van der Waals surface area contributed by atoms with Gasteiger partial charge < -0.3 is 19.8 Å². The van der Waals surface area contributed by atoms with E-state index in [1.165, 1.54) is 0 Å². The fourth-order valence-corrected chi connectivity index (χ4v) is 2.46. The number of rotatable bonds is 7. The van der Waals surface area contributed by atoms with Crippen molar-refractivity contribution in [3.63, 3.8) is 0 Å². The monoisotopic (exact) mass is 359 g/mol. The average molecular weight is 360 g/mol. The summed E-state index contributed by atoms with van der Waals surface area (Å²) in [6.45, 7) is 0.429. The van der Waals surface area contributed by atoms with Gasteiger partial charge in [-0.1, -0.05) is 11.6 Å². The van der Waals surface area contributed by atoms with E-state index in [2.05, 4.69) is 15.3 Å². The van der Waals surface area contributed by atoms with E-state index in [9.17, 15) is 4.79 Å². The fourth-order valence-electron chi connectivity index (χ4n) is 2.34. The van der Waals surface area contributed by atoms with Crippen molar-refractivity contribution in [2.24, 2.45) is 0 Å². The molecule has 1 aromatic heterocycles. The van der Waals surface area contributed by atoms with Gasteiger partial charge in [-0.3, -0.25) is 4.79 Å². The largest absolute Gasteiger partial charge is 0.497 e. The molecule has 3 aromatic rings. The minimum absolute atomic E-state index is 0.0427. The maximum absolute atomic E-state index is 11.8. The molecule has 0 unspecified atom stereocenters. The lowest BCUT2D eigenvalue weighted by Crippen LogP contribution is -2.30. The van der Waals surface area contributed by atoms with E-state index < -0.39 is 0 Å². The molecule has 7 heteroatoms. The smallest absolute Gasteiger partial charge is 0.257 e. The summed E-state index contributed by atoms with van der Waals surface area (Å²) < 4.78 is 10.6. The number of hydrogen-bond acceptors (Lipinski definition) is 4. The number of carbonyl (C=O) groups is 1. The lowest BCUT2D eigenvalue weighted by molar-refractivity contribution is -0.123. The third kappa shape index (κ3) is 4.64. The van der Waals surface area contributed by atoms with Gasteiger partial charge in [0, 0.05) is 24.1 Å². The standard InChI is InChI=1S/C18H18ClN3O3/c1-24-14-6-7-15-16(10-14)22-17(21-15)8-9-20-18(23)11-25-13-4-2-12(19)3-5-13/h2-7,10H,8-9,11H2,1H3,(H,20,23)(H,21,22). The molecule has 0 radical (unpaired) electrons. The highest BCUT2D eigenvalue weighted by molar-refractivity contribution is 6.30. The Morgan fingerprint density at radius 3 is 2.72 bits per heavy atom. The highest BCUT2D eigenvalue weighted by Crippen LogP contribution is 2.18. The Labute approximate surface area is 150 Å². The van der Waals surface area contributed by atoms with E-state index in [0.29, 0.717) is 23.7 Å². The van der Waals surface area contributed by atoms with E-state index in [4.69, 9.17) is 21.1 Å². The van der Waals surface area contributed by atoms with Gasteiger partial charge >= 0.3 is 0 Å². The van der Waals surface area contributed by atoms with E-state index in [1.807, 2.05) is 18.2 Å². The van der Waals surface area contributed by atoms with Crippen molar-refractivity contribution in [1.29, 1.82) is 0 Å². The van der Waals surface area contributed by atoms with E-state index in [1.54, 1.807) is 31.4 Å². The second-order valence-corrected chi connectivity index (χ2v) is 5.85. The van der Waals surface area contributed by atoms with Crippen molar-refractivity contribution < 1.29 is 14.3 Å². The zero-order valence-electron chi connectivity index (χ0n) is 13.7. The van der Waals surface area contributed by atoms with Crippen molar-refractivity contribution in [2.45, 2.75) is 6.42 Å². The van der Waals surface area contributed by atoms with Gasteiger partial charge in [0.25, 0.3) is 5.91 Å². The number of amides is 1. The molecule has 0 aliphatic heterocycles. The molecular weight excluding hydrogens is 342 g/mol. The molecule has 0 saturated carbocycles. The zero-order valence-corrected chi connectivity index (χ0v) is 14.5. The number of benzene rings is 2. The van der Waals surface area contributed by atoms with Gasteiger partial charge in [0.15, 0.2) is 6.61 Å². The van der Waals surface area contributed by atoms with Crippen LogP contribution >= 0.6 is 11.6 Å². The number of carbonyl (C=O) groups excluding carboxylic acids is 1. The minimum atomic E-state index is -0.187. The summed E-state index contributed by atoms with van der Waals surface area (Å²) >= 11 is 5.80. The summed E-state index contributed by atoms with van der Waals surface area (Å²) in [6, 6.07) is 12.5. The third-order valence-electron chi connectivity index (χ3n) is 3.61. The number of hydrogen-bond donors (Lipinski definition) is 2. The SMILES string of the molecule is COc1ccc2nc(CCNC(=O)COc3ccc(Cl)cc3)[nH]c2c1. The van der Waals surface area contributed by atoms with Crippen LogP contribution in [0.2, 0.25) is 5.02 Å². The van der Waals surface area contributed by atoms with Crippen molar-refractivity contribution in [3.8, 4) is 11.5 Å². The number of nitrogens with one attached hydrogen (secondary N) is 2. The lowest BCUT2D eigenvalue weighted by Gasteiger charge is -2.07. The van der Waals surface area contributed by atoms with Crippen LogP contribution in [0.15, 0.2) is 42.5 Å². The van der Waals surface area contributed by atoms with Crippen LogP contribution in [0.3, 0.4) is 0 Å². The normalized spacial score (nSPS) is 10.6. The first kappa shape index (κ1) is 17.1. The van der Waals surface area contributed by atoms with Crippen LogP contribution < -0.4 is 14.8 Å². The first-order valence-electron chi connectivity index (χ1n) is 7.82. The van der Waals surface area contributed by atoms with Crippen molar-refractivity contribution in [1.82, 2.24) is 15.3 Å². The number of halogens is 1. The Morgan fingerprint density at radius 1 is 1.20 bits per heavy atom. The minimum Gasteiger partial charge on any atom is -0.497 e. The number of H-pyrrole nitrogens is 1. The highest BCUT2D eigenvalue weighted by Gasteiger charge is 2.06. The number of methoxy groups -OCH3 is 1. The second-order valence-electron chi connectivity index (χ2n) is 5.41. The van der Waals surface area contributed by atoms with E-state index in [0.717, 1.165) is 22.6 Å². The Bertz CT molecular complexity index is 862. The van der Waals surface area contributed by atoms with Gasteiger partial charge in [-0.05, 0) is 36.4 Å². The van der Waals surface area contributed by atoms with Crippen molar-refractivity contribution in [2.75, 3.05) is 20.3 Å². The van der Waals surface area contributed by atoms with Crippen LogP contribution in [0.4, 0.5) is 0 Å². The van der Waals surface area contributed by atoms with Crippen LogP contribution in [-0.2, 0) is 11.2 Å². The molecule has 0 saturated heterocycles. The summed E-state index contributed by atoms with van der Waals surface area (Å²) in [7, 11) is 1.63. The quantitative estimate of drug-likeness (QED) is 0.680. The number of imidazole rings is 1. The number of ether oxygens (including phenoxy) is 2. The Morgan fingerprint density at radius 2 is 1.96 bits per heavy atom. The van der Waals surface area contributed by atoms with Crippen LogP contribution in [0.5, 0.6) is 11.5 Å². The number of aromatic nitrogens is 2. The molecule has 0 aliphatic carbocycles. The van der Waals surface area contributed by atoms with Crippen LogP contribution in [0.1, 0.15) is 5.82 Å². The molecule has 0 fully saturated rings. The van der Waals surface area contributed by atoms with Crippen LogP contribution in [0, 0.1) is 0 Å². The summed E-state index contributed by atoms with van der Waals surface area (Å²) in [5, 5.41) is 3.43. The van der Waals surface area contributed by atoms with E-state index >= 15 is 0 Å². The molecular formula is C18H18ClN3O3. The first-order valence-corrected chi connectivity index (χ1v) is 8.19. The topological polar surface area (TPSA) is 76.2 Å². The van der Waals surface area contributed by atoms with Gasteiger partial charge in [0.05, 0.1) is 18.1 Å². The third-order valence-corrected chi connectivity index (χ3v) is 3.86. The van der Waals surface area contributed by atoms with E-state index in [-0.39, 0.29) is 12.5 Å². The number of fused-ring (bicyclic) bond motifs is 1. The number of nitrogens with zero attached hydrogens (tertiary/aromatic N) is 1. The Balaban J connectivity index is 1.45. The molecule has 25 heavy (non-hydrogen) atoms. The molecule has 2 aromatic carbocycles. The van der Waals surface area contributed by atoms with Gasteiger partial charge in [-0.25, -0.2) is 4.98 Å². The van der Waals surface area contributed by atoms with Crippen molar-refractivity contribution >= 4 is 28.5 Å². The average Bonchev–Trinajstić information content (AvgIpc) is 3.03. The van der Waals surface area contributed by atoms with Gasteiger partial charge in [0.2, 0.25) is 0 Å².